The van der Waals surface area contributed by atoms with Crippen molar-refractivity contribution in [2.75, 3.05) is 6.54 Å². The number of hydrogen-bond acceptors (Lipinski definition) is 1. The van der Waals surface area contributed by atoms with Crippen molar-refractivity contribution >= 4 is 0 Å². The Morgan fingerprint density at radius 3 is 2.17 bits per heavy atom. The fraction of sp³-hybridized carbons (Fsp3) is 0.818. The Morgan fingerprint density at radius 1 is 1.08 bits per heavy atom. The summed E-state index contributed by atoms with van der Waals surface area (Å²) in [6.07, 6.45) is 8.16. The molecule has 0 aromatic carbocycles. The normalized spacial score (nSPS) is 12.7. The van der Waals surface area contributed by atoms with Crippen LogP contribution in [0.2, 0.25) is 0 Å². The van der Waals surface area contributed by atoms with Gasteiger partial charge in [-0.25, -0.2) is 0 Å². The quantitative estimate of drug-likeness (QED) is 0.492. The van der Waals surface area contributed by atoms with Gasteiger partial charge in [-0.2, -0.15) is 0 Å². The zero-order valence-electron chi connectivity index (χ0n) is 8.98. The molecule has 0 unspecified atom stereocenters. The van der Waals surface area contributed by atoms with Gasteiger partial charge in [0.15, 0.2) is 0 Å². The summed E-state index contributed by atoms with van der Waals surface area (Å²) < 4.78 is 0. The largest absolute Gasteiger partial charge is 0.312 e. The van der Waals surface area contributed by atoms with Crippen LogP contribution in [0.25, 0.3) is 0 Å². The Balaban J connectivity index is 3.21. The van der Waals surface area contributed by atoms with Gasteiger partial charge in [-0.3, -0.25) is 0 Å². The van der Waals surface area contributed by atoms with Crippen molar-refractivity contribution < 1.29 is 0 Å². The Morgan fingerprint density at radius 2 is 1.67 bits per heavy atom. The third-order valence-electron chi connectivity index (χ3n) is 1.59. The summed E-state index contributed by atoms with van der Waals surface area (Å²) >= 11 is 0. The molecule has 1 nitrogen and oxygen atoms in total. The Hall–Kier alpha value is -0.300. The average molecular weight is 169 g/mol. The van der Waals surface area contributed by atoms with Gasteiger partial charge in [0.25, 0.3) is 0 Å². The minimum atomic E-state index is 0.262. The Labute approximate surface area is 77.2 Å². The van der Waals surface area contributed by atoms with E-state index in [1.54, 1.807) is 0 Å². The van der Waals surface area contributed by atoms with Crippen LogP contribution < -0.4 is 5.32 Å². The van der Waals surface area contributed by atoms with Crippen molar-refractivity contribution in [1.29, 1.82) is 0 Å². The maximum Gasteiger partial charge on any atom is 0.00966 e. The fourth-order valence-corrected chi connectivity index (χ4v) is 0.933. The van der Waals surface area contributed by atoms with Crippen molar-refractivity contribution in [2.45, 2.75) is 52.5 Å². The molecule has 0 aromatic rings. The molecule has 0 spiro atoms. The molecule has 0 radical (unpaired) electrons. The molecule has 0 heterocycles. The molecular formula is C11H23N. The van der Waals surface area contributed by atoms with Gasteiger partial charge < -0.3 is 5.32 Å². The highest BCUT2D eigenvalue weighted by Crippen LogP contribution is 1.98. The van der Waals surface area contributed by atoms with Crippen LogP contribution in [0, 0.1) is 0 Å². The first-order valence-corrected chi connectivity index (χ1v) is 4.96. The third-order valence-corrected chi connectivity index (χ3v) is 1.59. The predicted octanol–water partition coefficient (Wildman–Crippen LogP) is 3.12. The van der Waals surface area contributed by atoms with Crippen LogP contribution in [0.4, 0.5) is 0 Å². The van der Waals surface area contributed by atoms with Crippen LogP contribution >= 0.6 is 0 Å². The van der Waals surface area contributed by atoms with E-state index in [0.29, 0.717) is 0 Å². The van der Waals surface area contributed by atoms with Gasteiger partial charge in [0, 0.05) is 5.54 Å². The third kappa shape index (κ3) is 9.70. The highest BCUT2D eigenvalue weighted by molar-refractivity contribution is 4.82. The minimum Gasteiger partial charge on any atom is -0.312 e. The Bertz CT molecular complexity index is 119. The molecule has 1 N–H and O–H groups in total. The van der Waals surface area contributed by atoms with Crippen LogP contribution in [-0.4, -0.2) is 12.1 Å². The standard InChI is InChI=1S/C11H23N/c1-5-6-7-8-9-10-12-11(2,3)4/h7-8,12H,5-6,9-10H2,1-4H3. The summed E-state index contributed by atoms with van der Waals surface area (Å²) in [6.45, 7) is 9.88. The summed E-state index contributed by atoms with van der Waals surface area (Å²) in [5, 5.41) is 3.45. The second-order valence-electron chi connectivity index (χ2n) is 4.23. The topological polar surface area (TPSA) is 12.0 Å². The van der Waals surface area contributed by atoms with Gasteiger partial charge >= 0.3 is 0 Å². The van der Waals surface area contributed by atoms with Crippen LogP contribution in [0.3, 0.4) is 0 Å². The summed E-state index contributed by atoms with van der Waals surface area (Å²) in [5.74, 6) is 0. The number of hydrogen-bond donors (Lipinski definition) is 1. The summed E-state index contributed by atoms with van der Waals surface area (Å²) in [7, 11) is 0. The molecular weight excluding hydrogens is 146 g/mol. The summed E-state index contributed by atoms with van der Waals surface area (Å²) in [6, 6.07) is 0. The zero-order valence-corrected chi connectivity index (χ0v) is 8.98. The average Bonchev–Trinajstić information content (AvgIpc) is 1.94. The summed E-state index contributed by atoms with van der Waals surface area (Å²) in [5.41, 5.74) is 0.262. The van der Waals surface area contributed by atoms with Gasteiger partial charge in [-0.1, -0.05) is 25.5 Å². The molecule has 0 saturated carbocycles. The molecule has 0 amide bonds. The van der Waals surface area contributed by atoms with E-state index in [1.807, 2.05) is 0 Å². The molecule has 0 saturated heterocycles. The predicted molar refractivity (Wildman–Crippen MR) is 56.4 cm³/mol. The lowest BCUT2D eigenvalue weighted by molar-refractivity contribution is 0.431. The van der Waals surface area contributed by atoms with Crippen LogP contribution in [0.15, 0.2) is 12.2 Å². The lowest BCUT2D eigenvalue weighted by Gasteiger charge is -2.19. The van der Waals surface area contributed by atoms with E-state index in [0.717, 1.165) is 13.0 Å². The maximum atomic E-state index is 3.45. The fourth-order valence-electron chi connectivity index (χ4n) is 0.933. The van der Waals surface area contributed by atoms with E-state index in [2.05, 4.69) is 45.2 Å². The van der Waals surface area contributed by atoms with Gasteiger partial charge in [0.05, 0.1) is 0 Å². The molecule has 72 valence electrons. The number of allylic oxidation sites excluding steroid dienone is 1. The van der Waals surface area contributed by atoms with E-state index in [1.165, 1.54) is 12.8 Å². The van der Waals surface area contributed by atoms with E-state index in [4.69, 9.17) is 0 Å². The van der Waals surface area contributed by atoms with E-state index < -0.39 is 0 Å². The minimum absolute atomic E-state index is 0.262. The molecule has 0 atom stereocenters. The van der Waals surface area contributed by atoms with Gasteiger partial charge in [-0.05, 0) is 40.2 Å². The smallest absolute Gasteiger partial charge is 0.00966 e. The monoisotopic (exact) mass is 169 g/mol. The SMILES string of the molecule is CCCC=CCCNC(C)(C)C. The molecule has 0 aliphatic carbocycles. The molecule has 1 heteroatoms. The molecule has 0 rings (SSSR count). The highest BCUT2D eigenvalue weighted by atomic mass is 14.9. The van der Waals surface area contributed by atoms with Crippen molar-refractivity contribution in [2.24, 2.45) is 0 Å². The summed E-state index contributed by atoms with van der Waals surface area (Å²) in [4.78, 5) is 0. The van der Waals surface area contributed by atoms with Crippen molar-refractivity contribution in [3.05, 3.63) is 12.2 Å². The molecule has 0 aliphatic heterocycles. The first kappa shape index (κ1) is 11.7. The molecule has 0 fully saturated rings. The number of rotatable bonds is 5. The van der Waals surface area contributed by atoms with Gasteiger partial charge in [0.1, 0.15) is 0 Å². The van der Waals surface area contributed by atoms with E-state index in [-0.39, 0.29) is 5.54 Å². The maximum absolute atomic E-state index is 3.45. The lowest BCUT2D eigenvalue weighted by Crippen LogP contribution is -2.36. The first-order chi connectivity index (χ1) is 5.56. The van der Waals surface area contributed by atoms with Crippen LogP contribution in [-0.2, 0) is 0 Å². The number of unbranched alkanes of at least 4 members (excludes halogenated alkanes) is 1. The van der Waals surface area contributed by atoms with E-state index >= 15 is 0 Å². The second-order valence-corrected chi connectivity index (χ2v) is 4.23. The highest BCUT2D eigenvalue weighted by Gasteiger charge is 2.05. The van der Waals surface area contributed by atoms with Crippen LogP contribution in [0.1, 0.15) is 47.0 Å². The van der Waals surface area contributed by atoms with Crippen molar-refractivity contribution in [3.63, 3.8) is 0 Å². The van der Waals surface area contributed by atoms with Gasteiger partial charge in [0.2, 0.25) is 0 Å². The zero-order chi connectivity index (χ0) is 9.45. The van der Waals surface area contributed by atoms with Crippen molar-refractivity contribution in [1.82, 2.24) is 5.32 Å². The molecule has 0 aliphatic rings. The molecule has 0 aromatic heterocycles. The van der Waals surface area contributed by atoms with Crippen LogP contribution in [0.5, 0.6) is 0 Å². The second kappa shape index (κ2) is 6.24. The van der Waals surface area contributed by atoms with Crippen molar-refractivity contribution in [3.8, 4) is 0 Å². The number of nitrogens with one attached hydrogen (secondary N) is 1. The van der Waals surface area contributed by atoms with Gasteiger partial charge in [-0.15, -0.1) is 0 Å². The lowest BCUT2D eigenvalue weighted by atomic mass is 10.1. The Kier molecular flexibility index (Phi) is 6.09. The molecule has 12 heavy (non-hydrogen) atoms. The first-order valence-electron chi connectivity index (χ1n) is 4.96. The molecule has 0 bridgehead atoms. The van der Waals surface area contributed by atoms with E-state index in [9.17, 15) is 0 Å².